The summed E-state index contributed by atoms with van der Waals surface area (Å²) < 4.78 is 0. The predicted molar refractivity (Wildman–Crippen MR) is 76.6 cm³/mol. The van der Waals surface area contributed by atoms with E-state index in [1.54, 1.807) is 0 Å². The Kier molecular flexibility index (Phi) is 3.81. The van der Waals surface area contributed by atoms with Gasteiger partial charge in [0.15, 0.2) is 0 Å². The number of carbonyl (C=O) groups is 1. The van der Waals surface area contributed by atoms with Crippen LogP contribution < -0.4 is 0 Å². The Bertz CT molecular complexity index is 348. The van der Waals surface area contributed by atoms with Crippen molar-refractivity contribution in [2.75, 3.05) is 26.2 Å². The molecule has 1 aliphatic heterocycles. The Balaban J connectivity index is 1.48. The predicted octanol–water partition coefficient (Wildman–Crippen LogP) is 2.63. The number of amides is 1. The lowest BCUT2D eigenvalue weighted by atomic mass is 9.88. The summed E-state index contributed by atoms with van der Waals surface area (Å²) in [6.45, 7) is 8.02. The summed E-state index contributed by atoms with van der Waals surface area (Å²) in [7, 11) is 0. The lowest BCUT2D eigenvalue weighted by molar-refractivity contribution is -0.138. The average Bonchev–Trinajstić information content (AvgIpc) is 3.31. The maximum Gasteiger partial charge on any atom is 0.225 e. The summed E-state index contributed by atoms with van der Waals surface area (Å²) in [5.41, 5.74) is 1.32. The molecule has 3 aliphatic rings. The van der Waals surface area contributed by atoms with Crippen LogP contribution in [0.1, 0.15) is 44.9 Å². The van der Waals surface area contributed by atoms with E-state index in [1.807, 2.05) is 0 Å². The van der Waals surface area contributed by atoms with Gasteiger partial charge in [-0.25, -0.2) is 0 Å². The zero-order chi connectivity index (χ0) is 13.2. The van der Waals surface area contributed by atoms with Gasteiger partial charge in [0.1, 0.15) is 0 Å². The molecular weight excluding hydrogens is 236 g/mol. The third-order valence-corrected chi connectivity index (χ3v) is 5.00. The Morgan fingerprint density at radius 3 is 1.95 bits per heavy atom. The van der Waals surface area contributed by atoms with E-state index >= 15 is 0 Å². The smallest absolute Gasteiger partial charge is 0.225 e. The lowest BCUT2D eigenvalue weighted by Crippen LogP contribution is -2.50. The van der Waals surface area contributed by atoms with E-state index in [-0.39, 0.29) is 0 Å². The van der Waals surface area contributed by atoms with Crippen LogP contribution in [0.4, 0.5) is 0 Å². The van der Waals surface area contributed by atoms with Gasteiger partial charge in [-0.1, -0.05) is 25.8 Å². The van der Waals surface area contributed by atoms with Gasteiger partial charge in [0.05, 0.1) is 0 Å². The highest BCUT2D eigenvalue weighted by atomic mass is 16.2. The largest absolute Gasteiger partial charge is 0.372 e. The van der Waals surface area contributed by atoms with E-state index in [1.165, 1.54) is 37.8 Å². The van der Waals surface area contributed by atoms with Crippen molar-refractivity contribution in [2.24, 2.45) is 11.8 Å². The topological polar surface area (TPSA) is 23.6 Å². The van der Waals surface area contributed by atoms with Crippen LogP contribution >= 0.6 is 0 Å². The van der Waals surface area contributed by atoms with Gasteiger partial charge >= 0.3 is 0 Å². The highest BCUT2D eigenvalue weighted by Crippen LogP contribution is 2.37. The second-order valence-corrected chi connectivity index (χ2v) is 6.41. The van der Waals surface area contributed by atoms with Crippen LogP contribution in [0.15, 0.2) is 12.3 Å². The van der Waals surface area contributed by atoms with E-state index in [0.717, 1.165) is 44.9 Å². The summed E-state index contributed by atoms with van der Waals surface area (Å²) in [4.78, 5) is 17.0. The molecule has 0 radical (unpaired) electrons. The molecule has 3 rings (SSSR count). The minimum absolute atomic E-state index is 0.326. The van der Waals surface area contributed by atoms with E-state index in [0.29, 0.717) is 11.8 Å². The molecule has 106 valence electrons. The summed E-state index contributed by atoms with van der Waals surface area (Å²) >= 11 is 0. The Morgan fingerprint density at radius 2 is 1.37 bits per heavy atom. The molecule has 0 N–H and O–H groups in total. The van der Waals surface area contributed by atoms with E-state index in [2.05, 4.69) is 16.4 Å². The quantitative estimate of drug-likeness (QED) is 0.780. The van der Waals surface area contributed by atoms with Crippen molar-refractivity contribution in [3.8, 4) is 0 Å². The first-order valence-electron chi connectivity index (χ1n) is 7.98. The number of piperazine rings is 1. The summed E-state index contributed by atoms with van der Waals surface area (Å²) in [5.74, 6) is 1.50. The third kappa shape index (κ3) is 2.96. The van der Waals surface area contributed by atoms with Crippen LogP contribution in [-0.4, -0.2) is 41.9 Å². The van der Waals surface area contributed by atoms with Gasteiger partial charge in [-0.15, -0.1) is 0 Å². The molecule has 1 saturated heterocycles. The van der Waals surface area contributed by atoms with Crippen LogP contribution in [-0.2, 0) is 4.79 Å². The van der Waals surface area contributed by atoms with Gasteiger partial charge in [-0.05, 0) is 31.6 Å². The molecule has 3 fully saturated rings. The Hall–Kier alpha value is -0.990. The number of hydrogen-bond acceptors (Lipinski definition) is 2. The number of allylic oxidation sites excluding steroid dienone is 1. The zero-order valence-electron chi connectivity index (χ0n) is 11.9. The van der Waals surface area contributed by atoms with E-state index in [4.69, 9.17) is 0 Å². The lowest BCUT2D eigenvalue weighted by Gasteiger charge is -2.39. The number of hydrogen-bond donors (Lipinski definition) is 0. The summed E-state index contributed by atoms with van der Waals surface area (Å²) in [6, 6.07) is 0. The fraction of sp³-hybridized carbons (Fsp3) is 0.812. The van der Waals surface area contributed by atoms with Crippen molar-refractivity contribution in [3.05, 3.63) is 12.3 Å². The fourth-order valence-corrected chi connectivity index (χ4v) is 3.50. The van der Waals surface area contributed by atoms with Crippen molar-refractivity contribution in [1.29, 1.82) is 0 Å². The van der Waals surface area contributed by atoms with Crippen molar-refractivity contribution in [1.82, 2.24) is 9.80 Å². The second kappa shape index (κ2) is 5.56. The summed E-state index contributed by atoms with van der Waals surface area (Å²) in [6.07, 6.45) is 8.68. The molecule has 3 nitrogen and oxygen atoms in total. The van der Waals surface area contributed by atoms with Crippen molar-refractivity contribution < 1.29 is 4.79 Å². The van der Waals surface area contributed by atoms with Crippen LogP contribution in [0, 0.1) is 11.8 Å². The highest BCUT2D eigenvalue weighted by molar-refractivity contribution is 5.79. The molecular formula is C16H26N2O. The zero-order valence-corrected chi connectivity index (χ0v) is 11.9. The average molecular weight is 262 g/mol. The number of rotatable bonds is 3. The minimum atomic E-state index is 0.326. The number of nitrogens with zero attached hydrogens (tertiary/aromatic N) is 2. The fourth-order valence-electron chi connectivity index (χ4n) is 3.50. The van der Waals surface area contributed by atoms with Gasteiger partial charge in [0, 0.05) is 37.8 Å². The van der Waals surface area contributed by atoms with E-state index in [9.17, 15) is 4.79 Å². The highest BCUT2D eigenvalue weighted by Gasteiger charge is 2.32. The second-order valence-electron chi connectivity index (χ2n) is 6.41. The van der Waals surface area contributed by atoms with Gasteiger partial charge < -0.3 is 9.80 Å². The van der Waals surface area contributed by atoms with Crippen LogP contribution in [0.25, 0.3) is 0 Å². The minimum Gasteiger partial charge on any atom is -0.372 e. The van der Waals surface area contributed by atoms with Gasteiger partial charge in [0.25, 0.3) is 0 Å². The molecule has 0 aromatic carbocycles. The monoisotopic (exact) mass is 262 g/mol. The molecule has 2 saturated carbocycles. The van der Waals surface area contributed by atoms with Crippen molar-refractivity contribution in [2.45, 2.75) is 44.9 Å². The molecule has 2 aliphatic carbocycles. The first-order valence-corrected chi connectivity index (χ1v) is 7.98. The first kappa shape index (κ1) is 13.0. The molecule has 1 heterocycles. The van der Waals surface area contributed by atoms with Crippen molar-refractivity contribution >= 4 is 5.91 Å². The Labute approximate surface area is 116 Å². The molecule has 3 heteroatoms. The molecule has 1 amide bonds. The first-order chi connectivity index (χ1) is 9.25. The van der Waals surface area contributed by atoms with Crippen molar-refractivity contribution in [3.63, 3.8) is 0 Å². The molecule has 0 bridgehead atoms. The molecule has 0 unspecified atom stereocenters. The molecule has 0 atom stereocenters. The summed E-state index contributed by atoms with van der Waals surface area (Å²) in [5, 5.41) is 0. The van der Waals surface area contributed by atoms with Gasteiger partial charge in [0.2, 0.25) is 5.91 Å². The van der Waals surface area contributed by atoms with Crippen LogP contribution in [0.3, 0.4) is 0 Å². The number of carbonyl (C=O) groups excluding carboxylic acids is 1. The maximum absolute atomic E-state index is 12.5. The SMILES string of the molecule is C=C(C1CC1)N1CCN(C(=O)C2CCCCC2)CC1. The Morgan fingerprint density at radius 1 is 0.789 bits per heavy atom. The molecule has 0 spiro atoms. The standard InChI is InChI=1S/C16H26N2O/c1-13(14-7-8-14)17-9-11-18(12-10-17)16(19)15-5-3-2-4-6-15/h14-15H,1-12H2. The normalized spacial score (nSPS) is 25.5. The van der Waals surface area contributed by atoms with Gasteiger partial charge in [-0.3, -0.25) is 4.79 Å². The molecule has 19 heavy (non-hydrogen) atoms. The van der Waals surface area contributed by atoms with Gasteiger partial charge in [-0.2, -0.15) is 0 Å². The molecule has 0 aromatic rings. The van der Waals surface area contributed by atoms with E-state index < -0.39 is 0 Å². The maximum atomic E-state index is 12.5. The van der Waals surface area contributed by atoms with Crippen LogP contribution in [0.2, 0.25) is 0 Å². The van der Waals surface area contributed by atoms with Crippen LogP contribution in [0.5, 0.6) is 0 Å². The third-order valence-electron chi connectivity index (χ3n) is 5.00. The molecule has 0 aromatic heterocycles.